The molecule has 0 aliphatic carbocycles. The third-order valence-corrected chi connectivity index (χ3v) is 3.52. The average Bonchev–Trinajstić information content (AvgIpc) is 2.68. The maximum Gasteiger partial charge on any atom is 0.192 e. The Hall–Kier alpha value is -1.15. The Balaban J connectivity index is 2.30. The zero-order chi connectivity index (χ0) is 11.7. The van der Waals surface area contributed by atoms with Gasteiger partial charge in [-0.25, -0.2) is 0 Å². The summed E-state index contributed by atoms with van der Waals surface area (Å²) in [5, 5.41) is 0. The molecule has 86 valence electrons. The molecule has 0 N–H and O–H groups in total. The molecule has 0 aromatic heterocycles. The summed E-state index contributed by atoms with van der Waals surface area (Å²) in [4.78, 5) is 12.3. The van der Waals surface area contributed by atoms with E-state index < -0.39 is 0 Å². The molecule has 2 heteroatoms. The first-order valence-corrected chi connectivity index (χ1v) is 5.83. The van der Waals surface area contributed by atoms with Crippen LogP contribution in [-0.4, -0.2) is 18.5 Å². The summed E-state index contributed by atoms with van der Waals surface area (Å²) in [5.41, 5.74) is 3.06. The van der Waals surface area contributed by atoms with E-state index in [1.165, 1.54) is 0 Å². The number of hydrogen-bond acceptors (Lipinski definition) is 2. The van der Waals surface area contributed by atoms with Crippen LogP contribution in [0.1, 0.15) is 34.8 Å². The monoisotopic (exact) mass is 218 g/mol. The van der Waals surface area contributed by atoms with Crippen molar-refractivity contribution in [2.45, 2.75) is 33.3 Å². The summed E-state index contributed by atoms with van der Waals surface area (Å²) in [6, 6.07) is 5.87. The van der Waals surface area contributed by atoms with Gasteiger partial charge in [0.25, 0.3) is 0 Å². The smallest absolute Gasteiger partial charge is 0.192 e. The fraction of sp³-hybridized carbons (Fsp3) is 0.500. The fourth-order valence-corrected chi connectivity index (χ4v) is 2.20. The molecule has 1 saturated heterocycles. The molecule has 2 nitrogen and oxygen atoms in total. The van der Waals surface area contributed by atoms with Crippen molar-refractivity contribution in [2.24, 2.45) is 5.92 Å². The van der Waals surface area contributed by atoms with Crippen LogP contribution in [0.15, 0.2) is 18.2 Å². The van der Waals surface area contributed by atoms with E-state index in [1.807, 2.05) is 32.0 Å². The maximum absolute atomic E-state index is 12.3. The first kappa shape index (κ1) is 11.3. The minimum atomic E-state index is -0.236. The Morgan fingerprint density at radius 1 is 1.38 bits per heavy atom. The number of ketones is 1. The lowest BCUT2D eigenvalue weighted by molar-refractivity contribution is 0.0578. The zero-order valence-electron chi connectivity index (χ0n) is 10.1. The van der Waals surface area contributed by atoms with Crippen molar-refractivity contribution < 1.29 is 9.53 Å². The number of ether oxygens (including phenoxy) is 1. The summed E-state index contributed by atoms with van der Waals surface area (Å²) in [6.07, 6.45) is 0.752. The predicted octanol–water partition coefficient (Wildman–Crippen LogP) is 2.91. The molecule has 1 heterocycles. The van der Waals surface area contributed by atoms with Gasteiger partial charge in [0.2, 0.25) is 0 Å². The van der Waals surface area contributed by atoms with Gasteiger partial charge in [-0.15, -0.1) is 0 Å². The molecule has 1 aliphatic heterocycles. The molecule has 1 aromatic carbocycles. The Bertz CT molecular complexity index is 409. The van der Waals surface area contributed by atoms with Crippen molar-refractivity contribution in [1.29, 1.82) is 0 Å². The van der Waals surface area contributed by atoms with Crippen LogP contribution in [-0.2, 0) is 4.74 Å². The Morgan fingerprint density at radius 2 is 2.12 bits per heavy atom. The van der Waals surface area contributed by atoms with Crippen molar-refractivity contribution >= 4 is 5.78 Å². The Labute approximate surface area is 96.6 Å². The van der Waals surface area contributed by atoms with E-state index in [-0.39, 0.29) is 11.9 Å². The standard InChI is InChI=1S/C14H18O2/c1-9-5-4-6-12(11(9)3)13(15)14-10(2)7-8-16-14/h4-6,10,14H,7-8H2,1-3H3. The highest BCUT2D eigenvalue weighted by Crippen LogP contribution is 2.25. The SMILES string of the molecule is Cc1cccc(C(=O)C2OCCC2C)c1C. The van der Waals surface area contributed by atoms with E-state index in [2.05, 4.69) is 6.92 Å². The lowest BCUT2D eigenvalue weighted by Gasteiger charge is -2.15. The van der Waals surface area contributed by atoms with Gasteiger partial charge in [0.1, 0.15) is 6.10 Å². The molecule has 1 fully saturated rings. The van der Waals surface area contributed by atoms with Gasteiger partial charge in [-0.05, 0) is 37.3 Å². The molecule has 2 unspecified atom stereocenters. The third kappa shape index (κ3) is 1.90. The largest absolute Gasteiger partial charge is 0.370 e. The van der Waals surface area contributed by atoms with E-state index in [9.17, 15) is 4.79 Å². The van der Waals surface area contributed by atoms with Crippen molar-refractivity contribution in [3.63, 3.8) is 0 Å². The van der Waals surface area contributed by atoms with Crippen molar-refractivity contribution in [3.8, 4) is 0 Å². The van der Waals surface area contributed by atoms with E-state index in [1.54, 1.807) is 0 Å². The molecular formula is C14H18O2. The lowest BCUT2D eigenvalue weighted by Crippen LogP contribution is -2.26. The van der Waals surface area contributed by atoms with Crippen LogP contribution in [0.5, 0.6) is 0 Å². The summed E-state index contributed by atoms with van der Waals surface area (Å²) in [7, 11) is 0. The molecule has 0 saturated carbocycles. The van der Waals surface area contributed by atoms with Gasteiger partial charge in [0, 0.05) is 12.2 Å². The minimum absolute atomic E-state index is 0.145. The highest BCUT2D eigenvalue weighted by Gasteiger charge is 2.32. The second-order valence-corrected chi connectivity index (χ2v) is 4.67. The summed E-state index contributed by atoms with van der Waals surface area (Å²) in [5.74, 6) is 0.485. The minimum Gasteiger partial charge on any atom is -0.370 e. The maximum atomic E-state index is 12.3. The van der Waals surface area contributed by atoms with E-state index in [0.717, 1.165) is 23.1 Å². The number of rotatable bonds is 2. The number of hydrogen-bond donors (Lipinski definition) is 0. The van der Waals surface area contributed by atoms with Gasteiger partial charge < -0.3 is 4.74 Å². The van der Waals surface area contributed by atoms with Gasteiger partial charge in [-0.2, -0.15) is 0 Å². The number of Topliss-reactive ketones (excluding diaryl/α,β-unsaturated/α-hetero) is 1. The highest BCUT2D eigenvalue weighted by molar-refractivity contribution is 6.01. The molecule has 1 aromatic rings. The van der Waals surface area contributed by atoms with Crippen molar-refractivity contribution in [2.75, 3.05) is 6.61 Å². The molecule has 0 spiro atoms. The van der Waals surface area contributed by atoms with Crippen LogP contribution < -0.4 is 0 Å². The van der Waals surface area contributed by atoms with Crippen LogP contribution >= 0.6 is 0 Å². The third-order valence-electron chi connectivity index (χ3n) is 3.52. The normalized spacial score (nSPS) is 24.7. The summed E-state index contributed by atoms with van der Waals surface area (Å²) in [6.45, 7) is 6.83. The number of benzene rings is 1. The van der Waals surface area contributed by atoms with Crippen LogP contribution in [0.4, 0.5) is 0 Å². The van der Waals surface area contributed by atoms with Crippen molar-refractivity contribution in [3.05, 3.63) is 34.9 Å². The van der Waals surface area contributed by atoms with Crippen LogP contribution in [0.2, 0.25) is 0 Å². The van der Waals surface area contributed by atoms with Crippen LogP contribution in [0.3, 0.4) is 0 Å². The fourth-order valence-electron chi connectivity index (χ4n) is 2.20. The molecule has 0 bridgehead atoms. The quantitative estimate of drug-likeness (QED) is 0.713. The van der Waals surface area contributed by atoms with E-state index in [0.29, 0.717) is 12.5 Å². The molecule has 0 amide bonds. The van der Waals surface area contributed by atoms with Crippen molar-refractivity contribution in [1.82, 2.24) is 0 Å². The number of aryl methyl sites for hydroxylation is 1. The van der Waals surface area contributed by atoms with Gasteiger partial charge in [0.15, 0.2) is 5.78 Å². The van der Waals surface area contributed by atoms with Gasteiger partial charge in [0.05, 0.1) is 0 Å². The molecule has 2 rings (SSSR count). The summed E-state index contributed by atoms with van der Waals surface area (Å²) >= 11 is 0. The topological polar surface area (TPSA) is 26.3 Å². The second-order valence-electron chi connectivity index (χ2n) is 4.67. The molecule has 16 heavy (non-hydrogen) atoms. The molecule has 2 atom stereocenters. The molecular weight excluding hydrogens is 200 g/mol. The first-order valence-electron chi connectivity index (χ1n) is 5.83. The second kappa shape index (κ2) is 4.38. The van der Waals surface area contributed by atoms with Gasteiger partial charge in [-0.3, -0.25) is 4.79 Å². The number of carbonyl (C=O) groups excluding carboxylic acids is 1. The Morgan fingerprint density at radius 3 is 2.75 bits per heavy atom. The molecule has 0 radical (unpaired) electrons. The van der Waals surface area contributed by atoms with Crippen LogP contribution in [0, 0.1) is 19.8 Å². The Kier molecular flexibility index (Phi) is 3.10. The predicted molar refractivity (Wildman–Crippen MR) is 63.8 cm³/mol. The van der Waals surface area contributed by atoms with Gasteiger partial charge in [-0.1, -0.05) is 25.1 Å². The lowest BCUT2D eigenvalue weighted by atomic mass is 9.92. The highest BCUT2D eigenvalue weighted by atomic mass is 16.5. The number of carbonyl (C=O) groups is 1. The van der Waals surface area contributed by atoms with E-state index >= 15 is 0 Å². The summed E-state index contributed by atoms with van der Waals surface area (Å²) < 4.78 is 5.53. The molecule has 1 aliphatic rings. The zero-order valence-corrected chi connectivity index (χ0v) is 10.1. The first-order chi connectivity index (χ1) is 7.61. The van der Waals surface area contributed by atoms with E-state index in [4.69, 9.17) is 4.74 Å². The average molecular weight is 218 g/mol. The van der Waals surface area contributed by atoms with Crippen LogP contribution in [0.25, 0.3) is 0 Å². The van der Waals surface area contributed by atoms with Gasteiger partial charge >= 0.3 is 0 Å².